The van der Waals surface area contributed by atoms with Crippen molar-refractivity contribution in [3.8, 4) is 0 Å². The number of nitrogens with two attached hydrogens (primary N) is 1. The fraction of sp³-hybridized carbons (Fsp3) is 1.00. The number of alkyl halides is 2. The van der Waals surface area contributed by atoms with Gasteiger partial charge in [-0.25, -0.2) is 0 Å². The molecule has 0 unspecified atom stereocenters. The van der Waals surface area contributed by atoms with Crippen molar-refractivity contribution in [1.82, 2.24) is 0 Å². The molecule has 0 aromatic heterocycles. The fourth-order valence-corrected chi connectivity index (χ4v) is 1.23. The molecule has 1 aliphatic carbocycles. The van der Waals surface area contributed by atoms with Crippen molar-refractivity contribution in [3.63, 3.8) is 0 Å². The monoisotopic (exact) mass is 192 g/mol. The van der Waals surface area contributed by atoms with Crippen LogP contribution in [-0.2, 0) is 0 Å². The van der Waals surface area contributed by atoms with Crippen LogP contribution in [0.15, 0.2) is 0 Å². The standard InChI is InChI=1S/C5H9Cl2N.ClH/c1-3(8)4-2-5(4,6)7;/h3-4H,2,8H2,1H3;1H/t3-,4-;/m1./s1/i1D3;. The highest BCUT2D eigenvalue weighted by atomic mass is 35.5. The van der Waals surface area contributed by atoms with E-state index >= 15 is 0 Å². The van der Waals surface area contributed by atoms with E-state index in [1.165, 1.54) is 0 Å². The average Bonchev–Trinajstić information content (AvgIpc) is 2.36. The van der Waals surface area contributed by atoms with Crippen LogP contribution in [0, 0.1) is 5.92 Å². The molecule has 0 saturated heterocycles. The van der Waals surface area contributed by atoms with Gasteiger partial charge >= 0.3 is 0 Å². The molecular weight excluding hydrogens is 180 g/mol. The van der Waals surface area contributed by atoms with Gasteiger partial charge in [0.05, 0.1) is 0 Å². The molecule has 0 aliphatic heterocycles. The summed E-state index contributed by atoms with van der Waals surface area (Å²) in [5.74, 6) is -0.279. The zero-order valence-electron chi connectivity index (χ0n) is 7.60. The van der Waals surface area contributed by atoms with Gasteiger partial charge in [-0.3, -0.25) is 0 Å². The van der Waals surface area contributed by atoms with Gasteiger partial charge in [0.25, 0.3) is 0 Å². The molecule has 0 amide bonds. The van der Waals surface area contributed by atoms with E-state index in [-0.39, 0.29) is 18.3 Å². The van der Waals surface area contributed by atoms with E-state index < -0.39 is 17.2 Å². The largest absolute Gasteiger partial charge is 0.328 e. The zero-order valence-corrected chi connectivity index (χ0v) is 6.93. The van der Waals surface area contributed by atoms with Crippen molar-refractivity contribution in [1.29, 1.82) is 0 Å². The molecule has 0 spiro atoms. The highest BCUT2D eigenvalue weighted by Crippen LogP contribution is 2.54. The van der Waals surface area contributed by atoms with Crippen LogP contribution in [0.25, 0.3) is 0 Å². The lowest BCUT2D eigenvalue weighted by molar-refractivity contribution is 0.643. The van der Waals surface area contributed by atoms with E-state index in [1.54, 1.807) is 0 Å². The molecule has 4 heteroatoms. The van der Waals surface area contributed by atoms with Crippen molar-refractivity contribution in [2.75, 3.05) is 0 Å². The van der Waals surface area contributed by atoms with Crippen molar-refractivity contribution in [3.05, 3.63) is 0 Å². The highest BCUT2D eigenvalue weighted by Gasteiger charge is 2.53. The summed E-state index contributed by atoms with van der Waals surface area (Å²) in [7, 11) is 0. The van der Waals surface area contributed by atoms with Gasteiger partial charge in [0, 0.05) is 16.1 Å². The number of hydrogen-bond donors (Lipinski definition) is 1. The molecule has 2 N–H and O–H groups in total. The molecule has 9 heavy (non-hydrogen) atoms. The van der Waals surface area contributed by atoms with Crippen molar-refractivity contribution < 1.29 is 4.11 Å². The van der Waals surface area contributed by atoms with E-state index in [2.05, 4.69) is 0 Å². The second-order valence-corrected chi connectivity index (χ2v) is 3.64. The van der Waals surface area contributed by atoms with E-state index in [0.29, 0.717) is 6.42 Å². The molecule has 0 aromatic rings. The van der Waals surface area contributed by atoms with Crippen LogP contribution in [0.2, 0.25) is 0 Å². The number of rotatable bonds is 1. The van der Waals surface area contributed by atoms with Gasteiger partial charge in [-0.1, -0.05) is 0 Å². The maximum Gasteiger partial charge on any atom is 0.123 e. The van der Waals surface area contributed by atoms with Crippen LogP contribution >= 0.6 is 35.6 Å². The number of hydrogen-bond acceptors (Lipinski definition) is 1. The summed E-state index contributed by atoms with van der Waals surface area (Å²) in [6.07, 6.45) is 0.482. The first-order chi connectivity index (χ1) is 4.75. The van der Waals surface area contributed by atoms with Gasteiger partial charge in [-0.2, -0.15) is 0 Å². The van der Waals surface area contributed by atoms with Crippen LogP contribution in [0.4, 0.5) is 0 Å². The predicted octanol–water partition coefficient (Wildman–Crippen LogP) is 1.95. The van der Waals surface area contributed by atoms with Crippen LogP contribution in [0.3, 0.4) is 0 Å². The third-order valence-electron chi connectivity index (χ3n) is 1.31. The Balaban J connectivity index is 0.00000121. The van der Waals surface area contributed by atoms with Crippen LogP contribution in [0.5, 0.6) is 0 Å². The normalized spacial score (nSPS) is 39.0. The van der Waals surface area contributed by atoms with E-state index in [4.69, 9.17) is 33.0 Å². The third kappa shape index (κ3) is 2.15. The Kier molecular flexibility index (Phi) is 1.72. The summed E-state index contributed by atoms with van der Waals surface area (Å²) in [6.45, 7) is -2.14. The predicted molar refractivity (Wildman–Crippen MR) is 43.4 cm³/mol. The summed E-state index contributed by atoms with van der Waals surface area (Å²) < 4.78 is 20.0. The molecule has 1 rings (SSSR count). The Morgan fingerprint density at radius 2 is 2.33 bits per heavy atom. The minimum Gasteiger partial charge on any atom is -0.328 e. The van der Waals surface area contributed by atoms with Gasteiger partial charge < -0.3 is 5.73 Å². The van der Waals surface area contributed by atoms with Crippen LogP contribution in [0.1, 0.15) is 17.4 Å². The van der Waals surface area contributed by atoms with Crippen molar-refractivity contribution in [2.45, 2.75) is 23.6 Å². The zero-order chi connectivity index (χ0) is 8.86. The Morgan fingerprint density at radius 3 is 2.44 bits per heavy atom. The second kappa shape index (κ2) is 2.83. The SMILES string of the molecule is Cl.[2H]C([2H])([2H])[C@@H](N)[C@H]1CC1(Cl)Cl. The second-order valence-electron chi connectivity index (χ2n) is 2.10. The Morgan fingerprint density at radius 1 is 1.89 bits per heavy atom. The summed E-state index contributed by atoms with van der Waals surface area (Å²) in [5.41, 5.74) is 5.40. The third-order valence-corrected chi connectivity index (χ3v) is 2.18. The molecule has 56 valence electrons. The summed E-state index contributed by atoms with van der Waals surface area (Å²) in [4.78, 5) is 0. The van der Waals surface area contributed by atoms with Gasteiger partial charge in [0.2, 0.25) is 0 Å². The first-order valence-corrected chi connectivity index (χ1v) is 3.14. The molecule has 0 heterocycles. The molecule has 1 nitrogen and oxygen atoms in total. The molecule has 1 saturated carbocycles. The first-order valence-electron chi connectivity index (χ1n) is 3.88. The van der Waals surface area contributed by atoms with E-state index in [9.17, 15) is 0 Å². The van der Waals surface area contributed by atoms with Crippen molar-refractivity contribution in [2.24, 2.45) is 11.7 Å². The first kappa shape index (κ1) is 5.48. The quantitative estimate of drug-likeness (QED) is 0.633. The van der Waals surface area contributed by atoms with Gasteiger partial charge in [-0.05, 0) is 13.3 Å². The van der Waals surface area contributed by atoms with Gasteiger partial charge in [0.15, 0.2) is 0 Å². The fourth-order valence-electron chi connectivity index (χ4n) is 0.624. The lowest BCUT2D eigenvalue weighted by atomic mass is 10.2. The smallest absolute Gasteiger partial charge is 0.123 e. The van der Waals surface area contributed by atoms with Crippen LogP contribution < -0.4 is 5.73 Å². The van der Waals surface area contributed by atoms with Crippen molar-refractivity contribution >= 4 is 35.6 Å². The summed E-state index contributed by atoms with van der Waals surface area (Å²) in [5, 5.41) is 0. The molecular formula is C5H10Cl3N. The molecule has 0 aromatic carbocycles. The summed E-state index contributed by atoms with van der Waals surface area (Å²) in [6, 6.07) is -0.891. The minimum atomic E-state index is -2.14. The van der Waals surface area contributed by atoms with E-state index in [1.807, 2.05) is 0 Å². The van der Waals surface area contributed by atoms with Gasteiger partial charge in [0.1, 0.15) is 4.33 Å². The lowest BCUT2D eigenvalue weighted by Gasteiger charge is -2.01. The Hall–Kier alpha value is 0.830. The van der Waals surface area contributed by atoms with Crippen LogP contribution in [-0.4, -0.2) is 10.4 Å². The summed E-state index contributed by atoms with van der Waals surface area (Å²) >= 11 is 11.3. The topological polar surface area (TPSA) is 26.0 Å². The number of halogens is 3. The Labute approximate surface area is 75.5 Å². The highest BCUT2D eigenvalue weighted by molar-refractivity contribution is 6.50. The molecule has 0 bridgehead atoms. The van der Waals surface area contributed by atoms with E-state index in [0.717, 1.165) is 0 Å². The minimum absolute atomic E-state index is 0. The molecule has 2 atom stereocenters. The maximum absolute atomic E-state index is 6.98. The average molecular weight is 194 g/mol. The maximum atomic E-state index is 6.98. The molecule has 0 radical (unpaired) electrons. The molecule has 1 fully saturated rings. The molecule has 1 aliphatic rings. The Bertz CT molecular complexity index is 170. The lowest BCUT2D eigenvalue weighted by Crippen LogP contribution is -2.20. The van der Waals surface area contributed by atoms with Gasteiger partial charge in [-0.15, -0.1) is 35.6 Å².